The summed E-state index contributed by atoms with van der Waals surface area (Å²) in [4.78, 5) is 0. The lowest BCUT2D eigenvalue weighted by atomic mass is 9.38. The Bertz CT molecular complexity index is 734. The first-order chi connectivity index (χ1) is 13.1. The molecule has 7 bridgehead atoms. The van der Waals surface area contributed by atoms with Gasteiger partial charge in [-0.15, -0.1) is 0 Å². The van der Waals surface area contributed by atoms with Crippen molar-refractivity contribution in [1.82, 2.24) is 0 Å². The Hall–Kier alpha value is -0.240. The van der Waals surface area contributed by atoms with Crippen molar-refractivity contribution < 1.29 is 25.1 Å². The molecular weight excluding hydrogens is 358 g/mol. The van der Waals surface area contributed by atoms with Crippen LogP contribution in [0, 0.1) is 45.1 Å². The van der Waals surface area contributed by atoms with Crippen LogP contribution in [-0.4, -0.2) is 68.6 Å². The number of aliphatic hydroxyl groups excluding tert-OH is 3. The van der Waals surface area contributed by atoms with Crippen LogP contribution >= 0.6 is 0 Å². The third-order valence-electron chi connectivity index (χ3n) is 11.4. The number of fused-ring (bicyclic) bond motifs is 2. The Labute approximate surface area is 166 Å². The van der Waals surface area contributed by atoms with Crippen LogP contribution < -0.4 is 0 Å². The second-order valence-electron chi connectivity index (χ2n) is 11.7. The highest BCUT2D eigenvalue weighted by Crippen LogP contribution is 2.84. The topological polar surface area (TPSA) is 104 Å². The van der Waals surface area contributed by atoms with Gasteiger partial charge in [0.15, 0.2) is 0 Å². The number of likely N-dealkylation sites (tertiary alicyclic amines) is 1. The molecule has 7 rings (SSSR count). The molecule has 1 saturated heterocycles. The van der Waals surface area contributed by atoms with Gasteiger partial charge in [0.1, 0.15) is 11.6 Å². The quantitative estimate of drug-likeness (QED) is 0.414. The second kappa shape index (κ2) is 4.97. The minimum absolute atomic E-state index is 0.0313. The number of hydroxylamine groups is 3. The van der Waals surface area contributed by atoms with E-state index in [0.29, 0.717) is 19.0 Å². The van der Waals surface area contributed by atoms with Gasteiger partial charge in [-0.1, -0.05) is 6.92 Å². The van der Waals surface area contributed by atoms with E-state index in [2.05, 4.69) is 6.92 Å². The highest BCUT2D eigenvalue weighted by molar-refractivity contribution is 5.33. The number of hydrogen-bond acceptors (Lipinski definition) is 5. The van der Waals surface area contributed by atoms with Gasteiger partial charge in [0, 0.05) is 16.7 Å². The number of rotatable bonds is 2. The van der Waals surface area contributed by atoms with Crippen LogP contribution in [0.25, 0.3) is 0 Å². The van der Waals surface area contributed by atoms with E-state index in [1.165, 1.54) is 0 Å². The lowest BCUT2D eigenvalue weighted by Crippen LogP contribution is -2.75. The summed E-state index contributed by atoms with van der Waals surface area (Å²) in [6, 6.07) is -0.176. The predicted molar refractivity (Wildman–Crippen MR) is 102 cm³/mol. The Morgan fingerprint density at radius 1 is 1.11 bits per heavy atom. The standard InChI is InChI=1S/C22H35NO5/c1-3-23(28)10-19(2)6-5-16(25)22-14(19)9-13(17(22)23)20-7-4-12(8-15(20)22)21(27,11-24)18(20)26/h12-18,24-27H,3-11H2,1-2H3/t12?,13-,14+,15?,16?,17?,18?,19?,20?,21?,22?,23+/m0/s1. The molecule has 7 fully saturated rings. The summed E-state index contributed by atoms with van der Waals surface area (Å²) in [5.41, 5.74) is -2.46. The van der Waals surface area contributed by atoms with E-state index in [1.807, 2.05) is 6.92 Å². The molecule has 0 amide bonds. The van der Waals surface area contributed by atoms with E-state index in [-0.39, 0.29) is 33.9 Å². The molecule has 0 radical (unpaired) electrons. The second-order valence-corrected chi connectivity index (χ2v) is 11.7. The first-order valence-corrected chi connectivity index (χ1v) is 11.4. The lowest BCUT2D eigenvalue weighted by Gasteiger charge is -2.70. The van der Waals surface area contributed by atoms with Gasteiger partial charge in [-0.3, -0.25) is 0 Å². The summed E-state index contributed by atoms with van der Waals surface area (Å²) < 4.78 is -0.248. The summed E-state index contributed by atoms with van der Waals surface area (Å²) >= 11 is 0. The highest BCUT2D eigenvalue weighted by Gasteiger charge is 2.88. The van der Waals surface area contributed by atoms with Crippen molar-refractivity contribution >= 4 is 0 Å². The predicted octanol–water partition coefficient (Wildman–Crippen LogP) is 1.00. The van der Waals surface area contributed by atoms with Gasteiger partial charge < -0.3 is 30.3 Å². The number of hydrogen-bond donors (Lipinski definition) is 4. The van der Waals surface area contributed by atoms with Gasteiger partial charge in [0.25, 0.3) is 0 Å². The molecule has 1 heterocycles. The zero-order chi connectivity index (χ0) is 19.9. The molecule has 1 aliphatic heterocycles. The third kappa shape index (κ3) is 1.53. The van der Waals surface area contributed by atoms with Crippen LogP contribution in [0.2, 0.25) is 0 Å². The van der Waals surface area contributed by atoms with Crippen LogP contribution in [0.5, 0.6) is 0 Å². The molecule has 2 spiro atoms. The average molecular weight is 394 g/mol. The van der Waals surface area contributed by atoms with Gasteiger partial charge in [0.05, 0.1) is 37.3 Å². The van der Waals surface area contributed by atoms with Gasteiger partial charge >= 0.3 is 0 Å². The largest absolute Gasteiger partial charge is 0.633 e. The van der Waals surface area contributed by atoms with Crippen molar-refractivity contribution in [3.63, 3.8) is 0 Å². The van der Waals surface area contributed by atoms with Gasteiger partial charge in [-0.2, -0.15) is 0 Å². The van der Waals surface area contributed by atoms with Crippen molar-refractivity contribution in [1.29, 1.82) is 0 Å². The average Bonchev–Trinajstić information content (AvgIpc) is 3.16. The van der Waals surface area contributed by atoms with E-state index in [9.17, 15) is 25.6 Å². The van der Waals surface area contributed by atoms with Crippen LogP contribution in [-0.2, 0) is 0 Å². The number of nitrogens with zero attached hydrogens (tertiary/aromatic N) is 1. The molecule has 4 N–H and O–H groups in total. The molecule has 0 aromatic carbocycles. The zero-order valence-electron chi connectivity index (χ0n) is 17.0. The SMILES string of the molecule is CC[N@@+]1([O-])CC2(C)CCC(O)C34C5CC6CCC5(C(O)C6(O)CO)[C@@H](C[C@H]23)C41. The monoisotopic (exact) mass is 393 g/mol. The van der Waals surface area contributed by atoms with Crippen molar-refractivity contribution in [3.05, 3.63) is 5.21 Å². The highest BCUT2D eigenvalue weighted by atomic mass is 16.5. The lowest BCUT2D eigenvalue weighted by molar-refractivity contribution is -0.927. The molecule has 0 aromatic rings. The Morgan fingerprint density at radius 2 is 1.86 bits per heavy atom. The fourth-order valence-electron chi connectivity index (χ4n) is 10.7. The molecule has 6 nitrogen and oxygen atoms in total. The van der Waals surface area contributed by atoms with Crippen molar-refractivity contribution in [2.24, 2.45) is 39.9 Å². The molecule has 158 valence electrons. The maximum atomic E-state index is 14.3. The van der Waals surface area contributed by atoms with Crippen molar-refractivity contribution in [2.45, 2.75) is 76.2 Å². The molecule has 9 unspecified atom stereocenters. The first-order valence-electron chi connectivity index (χ1n) is 11.4. The van der Waals surface area contributed by atoms with E-state index in [1.54, 1.807) is 0 Å². The van der Waals surface area contributed by atoms with Crippen LogP contribution in [0.3, 0.4) is 0 Å². The Morgan fingerprint density at radius 3 is 2.54 bits per heavy atom. The summed E-state index contributed by atoms with van der Waals surface area (Å²) in [7, 11) is 0. The van der Waals surface area contributed by atoms with Gasteiger partial charge in [0.2, 0.25) is 0 Å². The molecule has 7 aliphatic rings. The Kier molecular flexibility index (Phi) is 3.29. The van der Waals surface area contributed by atoms with E-state index < -0.39 is 35.2 Å². The van der Waals surface area contributed by atoms with Crippen LogP contribution in [0.15, 0.2) is 0 Å². The number of aliphatic hydroxyl groups is 4. The molecule has 6 aliphatic carbocycles. The van der Waals surface area contributed by atoms with Crippen molar-refractivity contribution in [2.75, 3.05) is 19.7 Å². The molecule has 6 saturated carbocycles. The van der Waals surface area contributed by atoms with Crippen LogP contribution in [0.1, 0.15) is 52.4 Å². The number of quaternary nitrogens is 1. The van der Waals surface area contributed by atoms with Gasteiger partial charge in [-0.25, -0.2) is 0 Å². The zero-order valence-corrected chi connectivity index (χ0v) is 17.0. The van der Waals surface area contributed by atoms with Crippen molar-refractivity contribution in [3.8, 4) is 0 Å². The van der Waals surface area contributed by atoms with E-state index in [4.69, 9.17) is 0 Å². The van der Waals surface area contributed by atoms with Gasteiger partial charge in [-0.05, 0) is 63.2 Å². The fraction of sp³-hybridized carbons (Fsp3) is 1.00. The molecule has 28 heavy (non-hydrogen) atoms. The minimum atomic E-state index is -1.46. The summed E-state index contributed by atoms with van der Waals surface area (Å²) in [5, 5.41) is 58.5. The summed E-state index contributed by atoms with van der Waals surface area (Å²) in [5.74, 6) is 0.311. The van der Waals surface area contributed by atoms with Crippen LogP contribution in [0.4, 0.5) is 0 Å². The molecular formula is C22H35NO5. The normalized spacial score (nSPS) is 68.9. The molecule has 12 atom stereocenters. The summed E-state index contributed by atoms with van der Waals surface area (Å²) in [6.07, 6.45) is 3.40. The molecule has 0 aromatic heterocycles. The van der Waals surface area contributed by atoms with E-state index in [0.717, 1.165) is 38.5 Å². The third-order valence-corrected chi connectivity index (χ3v) is 11.4. The maximum absolute atomic E-state index is 14.3. The Balaban J connectivity index is 1.60. The maximum Gasteiger partial charge on any atom is 0.117 e. The first kappa shape index (κ1) is 18.5. The number of piperidine rings is 1. The van der Waals surface area contributed by atoms with E-state index >= 15 is 0 Å². The minimum Gasteiger partial charge on any atom is -0.633 e. The smallest absolute Gasteiger partial charge is 0.117 e. The fourth-order valence-corrected chi connectivity index (χ4v) is 10.7. The summed E-state index contributed by atoms with van der Waals surface area (Å²) in [6.45, 7) is 4.96. The molecule has 6 heteroatoms.